The predicted molar refractivity (Wildman–Crippen MR) is 116 cm³/mol. The Kier molecular flexibility index (Phi) is 5.51. The quantitative estimate of drug-likeness (QED) is 0.714. The highest BCUT2D eigenvalue weighted by molar-refractivity contribution is 6.31. The number of nitrogens with zero attached hydrogens (tertiary/aromatic N) is 4. The molecule has 0 radical (unpaired) electrons. The molecule has 7 nitrogen and oxygen atoms in total. The van der Waals surface area contributed by atoms with E-state index in [1.807, 2.05) is 30.3 Å². The van der Waals surface area contributed by atoms with Gasteiger partial charge < -0.3 is 15.1 Å². The average Bonchev–Trinajstić information content (AvgIpc) is 2.71. The van der Waals surface area contributed by atoms with Crippen LogP contribution in [0.2, 0.25) is 5.02 Å². The van der Waals surface area contributed by atoms with E-state index in [4.69, 9.17) is 11.6 Å². The van der Waals surface area contributed by atoms with Gasteiger partial charge in [-0.25, -0.2) is 4.98 Å². The molecule has 8 heteroatoms. The average molecular weight is 412 g/mol. The van der Waals surface area contributed by atoms with Gasteiger partial charge >= 0.3 is 0 Å². The van der Waals surface area contributed by atoms with E-state index in [0.717, 1.165) is 31.9 Å². The number of carbonyl (C=O) groups is 1. The normalized spacial score (nSPS) is 14.9. The van der Waals surface area contributed by atoms with E-state index in [9.17, 15) is 9.59 Å². The Labute approximate surface area is 173 Å². The van der Waals surface area contributed by atoms with Crippen LogP contribution < -0.4 is 15.8 Å². The van der Waals surface area contributed by atoms with Crippen molar-refractivity contribution in [2.24, 2.45) is 0 Å². The Morgan fingerprint density at radius 1 is 1.14 bits per heavy atom. The number of nitrogens with one attached hydrogen (secondary N) is 1. The molecule has 4 rings (SSSR count). The zero-order chi connectivity index (χ0) is 20.4. The zero-order valence-electron chi connectivity index (χ0n) is 16.1. The predicted octanol–water partition coefficient (Wildman–Crippen LogP) is 2.44. The third kappa shape index (κ3) is 4.26. The van der Waals surface area contributed by atoms with E-state index in [1.165, 1.54) is 10.8 Å². The summed E-state index contributed by atoms with van der Waals surface area (Å²) < 4.78 is 1.43. The van der Waals surface area contributed by atoms with Gasteiger partial charge in [0.2, 0.25) is 5.91 Å². The first kappa shape index (κ1) is 19.4. The van der Waals surface area contributed by atoms with Gasteiger partial charge in [0.25, 0.3) is 5.56 Å². The number of likely N-dealkylation sites (N-methyl/N-ethyl adjacent to an activating group) is 1. The van der Waals surface area contributed by atoms with E-state index in [1.54, 1.807) is 12.1 Å². The van der Waals surface area contributed by atoms with Gasteiger partial charge in [-0.15, -0.1) is 0 Å². The van der Waals surface area contributed by atoms with E-state index < -0.39 is 0 Å². The van der Waals surface area contributed by atoms with Gasteiger partial charge in [0.15, 0.2) is 0 Å². The number of benzene rings is 2. The van der Waals surface area contributed by atoms with Crippen LogP contribution in [0.1, 0.15) is 0 Å². The summed E-state index contributed by atoms with van der Waals surface area (Å²) in [5, 5.41) is 3.49. The van der Waals surface area contributed by atoms with Crippen molar-refractivity contribution in [1.29, 1.82) is 0 Å². The topological polar surface area (TPSA) is 70.5 Å². The number of hydrogen-bond acceptors (Lipinski definition) is 5. The largest absolute Gasteiger partial charge is 0.367 e. The van der Waals surface area contributed by atoms with Crippen molar-refractivity contribution in [3.05, 3.63) is 64.0 Å². The Morgan fingerprint density at radius 3 is 2.69 bits per heavy atom. The molecule has 1 N–H and O–H groups in total. The molecule has 2 heterocycles. The maximum Gasteiger partial charge on any atom is 0.269 e. The number of halogens is 1. The SMILES string of the molecule is CN1CCN(c2ccc(Cl)cc2NC(=O)Cn2c(=O)cnc3ccccc32)CC1. The first-order valence-corrected chi connectivity index (χ1v) is 9.86. The molecular weight excluding hydrogens is 390 g/mol. The summed E-state index contributed by atoms with van der Waals surface area (Å²) in [6.07, 6.45) is 1.24. The summed E-state index contributed by atoms with van der Waals surface area (Å²) in [6.45, 7) is 3.55. The van der Waals surface area contributed by atoms with E-state index in [-0.39, 0.29) is 18.0 Å². The molecular formula is C21H22ClN5O2. The molecule has 0 spiro atoms. The van der Waals surface area contributed by atoms with Gasteiger partial charge in [0, 0.05) is 31.2 Å². The van der Waals surface area contributed by atoms with E-state index >= 15 is 0 Å². The summed E-state index contributed by atoms with van der Waals surface area (Å²) in [4.78, 5) is 33.8. The molecule has 1 fully saturated rings. The first-order chi connectivity index (χ1) is 14.0. The Morgan fingerprint density at radius 2 is 1.90 bits per heavy atom. The molecule has 1 aromatic heterocycles. The third-order valence-corrected chi connectivity index (χ3v) is 5.37. The molecule has 0 saturated carbocycles. The van der Waals surface area contributed by atoms with Crippen molar-refractivity contribution in [1.82, 2.24) is 14.5 Å². The second-order valence-corrected chi connectivity index (χ2v) is 7.61. The molecule has 3 aromatic rings. The summed E-state index contributed by atoms with van der Waals surface area (Å²) in [7, 11) is 2.10. The molecule has 150 valence electrons. The minimum atomic E-state index is -0.316. The van der Waals surface area contributed by atoms with Gasteiger partial charge in [0.1, 0.15) is 6.54 Å². The monoisotopic (exact) mass is 411 g/mol. The fraction of sp³-hybridized carbons (Fsp3) is 0.286. The van der Waals surface area contributed by atoms with Crippen LogP contribution in [-0.4, -0.2) is 53.6 Å². The molecule has 1 aliphatic heterocycles. The lowest BCUT2D eigenvalue weighted by atomic mass is 10.2. The second kappa shape index (κ2) is 8.23. The lowest BCUT2D eigenvalue weighted by Gasteiger charge is -2.35. The van der Waals surface area contributed by atoms with Gasteiger partial charge in [-0.2, -0.15) is 0 Å². The minimum absolute atomic E-state index is 0.101. The number of hydrogen-bond donors (Lipinski definition) is 1. The summed E-state index contributed by atoms with van der Waals surface area (Å²) in [5.41, 5.74) is 2.56. The summed E-state index contributed by atoms with van der Waals surface area (Å²) >= 11 is 6.18. The number of para-hydroxylation sites is 2. The number of amides is 1. The highest BCUT2D eigenvalue weighted by atomic mass is 35.5. The van der Waals surface area contributed by atoms with E-state index in [0.29, 0.717) is 21.7 Å². The van der Waals surface area contributed by atoms with Crippen molar-refractivity contribution >= 4 is 39.9 Å². The van der Waals surface area contributed by atoms with Crippen LogP contribution >= 0.6 is 11.6 Å². The smallest absolute Gasteiger partial charge is 0.269 e. The second-order valence-electron chi connectivity index (χ2n) is 7.17. The molecule has 1 saturated heterocycles. The number of aromatic nitrogens is 2. The Hall–Kier alpha value is -2.90. The van der Waals surface area contributed by atoms with Crippen LogP contribution in [0.25, 0.3) is 11.0 Å². The highest BCUT2D eigenvalue weighted by Crippen LogP contribution is 2.30. The number of rotatable bonds is 4. The van der Waals surface area contributed by atoms with Crippen molar-refractivity contribution in [3.8, 4) is 0 Å². The molecule has 1 aliphatic rings. The summed E-state index contributed by atoms with van der Waals surface area (Å²) in [6, 6.07) is 12.8. The molecule has 0 aliphatic carbocycles. The molecule has 2 aromatic carbocycles. The van der Waals surface area contributed by atoms with Crippen molar-refractivity contribution in [2.45, 2.75) is 6.54 Å². The van der Waals surface area contributed by atoms with Gasteiger partial charge in [-0.05, 0) is 37.4 Å². The first-order valence-electron chi connectivity index (χ1n) is 9.49. The van der Waals surface area contributed by atoms with Crippen LogP contribution in [0, 0.1) is 0 Å². The molecule has 0 atom stereocenters. The van der Waals surface area contributed by atoms with Gasteiger partial charge in [-0.1, -0.05) is 23.7 Å². The fourth-order valence-corrected chi connectivity index (χ4v) is 3.71. The van der Waals surface area contributed by atoms with E-state index in [2.05, 4.69) is 27.1 Å². The molecule has 29 heavy (non-hydrogen) atoms. The van der Waals surface area contributed by atoms with Gasteiger partial charge in [-0.3, -0.25) is 14.2 Å². The summed E-state index contributed by atoms with van der Waals surface area (Å²) in [5.74, 6) is -0.291. The van der Waals surface area contributed by atoms with Crippen LogP contribution in [0.15, 0.2) is 53.5 Å². The standard InChI is InChI=1S/C21H22ClN5O2/c1-25-8-10-26(11-9-25)18-7-6-15(22)12-17(18)24-20(28)14-27-19-5-3-2-4-16(19)23-13-21(27)29/h2-7,12-13H,8-11,14H2,1H3,(H,24,28). The van der Waals surface area contributed by atoms with Crippen molar-refractivity contribution in [3.63, 3.8) is 0 Å². The zero-order valence-corrected chi connectivity index (χ0v) is 16.9. The van der Waals surface area contributed by atoms with Crippen LogP contribution in [0.4, 0.5) is 11.4 Å². The van der Waals surface area contributed by atoms with Gasteiger partial charge in [0.05, 0.1) is 28.6 Å². The molecule has 0 bridgehead atoms. The number of piperazine rings is 1. The number of fused-ring (bicyclic) bond motifs is 1. The van der Waals surface area contributed by atoms with Crippen LogP contribution in [0.5, 0.6) is 0 Å². The van der Waals surface area contributed by atoms with Crippen LogP contribution in [0.3, 0.4) is 0 Å². The Bertz CT molecular complexity index is 1110. The number of anilines is 2. The third-order valence-electron chi connectivity index (χ3n) is 5.13. The minimum Gasteiger partial charge on any atom is -0.367 e. The number of carbonyl (C=O) groups excluding carboxylic acids is 1. The fourth-order valence-electron chi connectivity index (χ4n) is 3.54. The maximum absolute atomic E-state index is 12.8. The Balaban J connectivity index is 1.59. The van der Waals surface area contributed by atoms with Crippen LogP contribution in [-0.2, 0) is 11.3 Å². The highest BCUT2D eigenvalue weighted by Gasteiger charge is 2.19. The molecule has 0 unspecified atom stereocenters. The van der Waals surface area contributed by atoms with Crippen molar-refractivity contribution in [2.75, 3.05) is 43.4 Å². The van der Waals surface area contributed by atoms with Crippen molar-refractivity contribution < 1.29 is 4.79 Å². The maximum atomic E-state index is 12.8. The molecule has 1 amide bonds. The lowest BCUT2D eigenvalue weighted by molar-refractivity contribution is -0.116. The lowest BCUT2D eigenvalue weighted by Crippen LogP contribution is -2.44.